The third-order valence-electron chi connectivity index (χ3n) is 5.30. The number of halogens is 1. The first-order valence-corrected chi connectivity index (χ1v) is 12.2. The molecule has 1 aromatic heterocycles. The Hall–Kier alpha value is -2.75. The summed E-state index contributed by atoms with van der Waals surface area (Å²) in [6, 6.07) is 13.4. The van der Waals surface area contributed by atoms with E-state index in [1.54, 1.807) is 28.6 Å². The van der Waals surface area contributed by atoms with E-state index in [4.69, 9.17) is 16.1 Å². The zero-order valence-electron chi connectivity index (χ0n) is 17.3. The zero-order valence-corrected chi connectivity index (χ0v) is 18.9. The Labute approximate surface area is 191 Å². The molecule has 8 nitrogen and oxygen atoms in total. The summed E-state index contributed by atoms with van der Waals surface area (Å²) in [5.74, 6) is -0.463. The van der Waals surface area contributed by atoms with Gasteiger partial charge in [-0.3, -0.25) is 4.79 Å². The summed E-state index contributed by atoms with van der Waals surface area (Å²) in [5.41, 5.74) is 1.43. The topological polar surface area (TPSA) is 105 Å². The Morgan fingerprint density at radius 2 is 1.66 bits per heavy atom. The number of benzene rings is 2. The summed E-state index contributed by atoms with van der Waals surface area (Å²) in [4.78, 5) is 16.7. The van der Waals surface area contributed by atoms with Gasteiger partial charge in [0.2, 0.25) is 15.8 Å². The monoisotopic (exact) mass is 474 g/mol. The zero-order chi connectivity index (χ0) is 22.6. The maximum Gasteiger partial charge on any atom is 0.316 e. The van der Waals surface area contributed by atoms with Gasteiger partial charge in [0.15, 0.2) is 0 Å². The number of sulfonamides is 1. The van der Waals surface area contributed by atoms with Crippen molar-refractivity contribution in [2.75, 3.05) is 13.1 Å². The fourth-order valence-electron chi connectivity index (χ4n) is 3.50. The first kappa shape index (κ1) is 22.4. The second kappa shape index (κ2) is 9.81. The predicted octanol–water partition coefficient (Wildman–Crippen LogP) is 3.88. The van der Waals surface area contributed by atoms with E-state index < -0.39 is 15.9 Å². The molecule has 0 atom stereocenters. The van der Waals surface area contributed by atoms with Gasteiger partial charge in [-0.15, -0.1) is 0 Å². The molecule has 1 saturated heterocycles. The molecule has 32 heavy (non-hydrogen) atoms. The first-order chi connectivity index (χ1) is 15.4. The van der Waals surface area contributed by atoms with Crippen LogP contribution in [0.5, 0.6) is 0 Å². The van der Waals surface area contributed by atoms with Gasteiger partial charge >= 0.3 is 11.8 Å². The van der Waals surface area contributed by atoms with Crippen LogP contribution < -0.4 is 5.32 Å². The molecule has 10 heteroatoms. The predicted molar refractivity (Wildman–Crippen MR) is 120 cm³/mol. The van der Waals surface area contributed by atoms with Crippen LogP contribution in [0.25, 0.3) is 11.4 Å². The Bertz CT molecular complexity index is 1170. The van der Waals surface area contributed by atoms with Crippen molar-refractivity contribution >= 4 is 27.5 Å². The largest absolute Gasteiger partial charge is 0.344 e. The van der Waals surface area contributed by atoms with Crippen LogP contribution in [0.2, 0.25) is 5.02 Å². The number of hydrogen-bond donors (Lipinski definition) is 1. The molecular weight excluding hydrogens is 452 g/mol. The van der Waals surface area contributed by atoms with Crippen molar-refractivity contribution in [3.05, 3.63) is 65.0 Å². The third-order valence-corrected chi connectivity index (χ3v) is 7.47. The van der Waals surface area contributed by atoms with Gasteiger partial charge in [-0.25, -0.2) is 8.42 Å². The van der Waals surface area contributed by atoms with Crippen molar-refractivity contribution in [1.82, 2.24) is 19.8 Å². The van der Waals surface area contributed by atoms with Crippen LogP contribution in [0.3, 0.4) is 0 Å². The number of nitrogens with one attached hydrogen (secondary N) is 1. The minimum Gasteiger partial charge on any atom is -0.344 e. The lowest BCUT2D eigenvalue weighted by atomic mass is 10.2. The number of hydrogen-bond acceptors (Lipinski definition) is 6. The maximum atomic E-state index is 12.9. The summed E-state index contributed by atoms with van der Waals surface area (Å²) in [6.07, 6.45) is 3.86. The summed E-state index contributed by atoms with van der Waals surface area (Å²) >= 11 is 5.86. The third kappa shape index (κ3) is 5.17. The second-order valence-corrected chi connectivity index (χ2v) is 9.95. The van der Waals surface area contributed by atoms with Crippen molar-refractivity contribution in [1.29, 1.82) is 0 Å². The summed E-state index contributed by atoms with van der Waals surface area (Å²) in [7, 11) is -3.53. The normalized spacial score (nSPS) is 15.3. The van der Waals surface area contributed by atoms with Crippen LogP contribution in [0.4, 0.5) is 0 Å². The van der Waals surface area contributed by atoms with Crippen LogP contribution in [0, 0.1) is 0 Å². The number of amides is 1. The number of rotatable bonds is 6. The van der Waals surface area contributed by atoms with E-state index in [0.29, 0.717) is 23.7 Å². The fraction of sp³-hybridized carbons (Fsp3) is 0.318. The van der Waals surface area contributed by atoms with Gasteiger partial charge in [0.25, 0.3) is 0 Å². The fourth-order valence-corrected chi connectivity index (χ4v) is 5.14. The van der Waals surface area contributed by atoms with Crippen molar-refractivity contribution in [3.63, 3.8) is 0 Å². The standard InChI is InChI=1S/C22H23ClN4O4S/c23-18-9-5-16(6-10-18)15-24-21(28)22-25-20(26-31-22)17-7-11-19(12-8-17)32(29,30)27-13-3-1-2-4-14-27/h5-12H,1-4,13-15H2,(H,24,28). The highest BCUT2D eigenvalue weighted by Gasteiger charge is 2.25. The van der Waals surface area contributed by atoms with Crippen LogP contribution >= 0.6 is 11.6 Å². The van der Waals surface area contributed by atoms with Gasteiger partial charge in [0, 0.05) is 30.2 Å². The average Bonchev–Trinajstić information content (AvgIpc) is 3.13. The molecule has 0 spiro atoms. The van der Waals surface area contributed by atoms with Crippen molar-refractivity contribution in [2.24, 2.45) is 0 Å². The Morgan fingerprint density at radius 3 is 2.31 bits per heavy atom. The van der Waals surface area contributed by atoms with E-state index in [1.807, 2.05) is 12.1 Å². The molecule has 0 aliphatic carbocycles. The number of aromatic nitrogens is 2. The highest BCUT2D eigenvalue weighted by atomic mass is 35.5. The van der Waals surface area contributed by atoms with E-state index in [-0.39, 0.29) is 23.2 Å². The second-order valence-electron chi connectivity index (χ2n) is 7.57. The average molecular weight is 475 g/mol. The SMILES string of the molecule is O=C(NCc1ccc(Cl)cc1)c1nc(-c2ccc(S(=O)(=O)N3CCCCCC3)cc2)no1. The van der Waals surface area contributed by atoms with Gasteiger partial charge < -0.3 is 9.84 Å². The van der Waals surface area contributed by atoms with Crippen molar-refractivity contribution < 1.29 is 17.7 Å². The lowest BCUT2D eigenvalue weighted by Crippen LogP contribution is -2.31. The minimum absolute atomic E-state index is 0.171. The lowest BCUT2D eigenvalue weighted by Gasteiger charge is -2.19. The molecule has 1 aliphatic heterocycles. The highest BCUT2D eigenvalue weighted by molar-refractivity contribution is 7.89. The summed E-state index contributed by atoms with van der Waals surface area (Å²) < 4.78 is 32.4. The summed E-state index contributed by atoms with van der Waals surface area (Å²) in [5, 5.41) is 7.17. The van der Waals surface area contributed by atoms with E-state index in [2.05, 4.69) is 15.5 Å². The Morgan fingerprint density at radius 1 is 1.00 bits per heavy atom. The first-order valence-electron chi connectivity index (χ1n) is 10.4. The number of carbonyl (C=O) groups excluding carboxylic acids is 1. The molecule has 0 unspecified atom stereocenters. The Kier molecular flexibility index (Phi) is 6.88. The van der Waals surface area contributed by atoms with Crippen molar-refractivity contribution in [2.45, 2.75) is 37.1 Å². The minimum atomic E-state index is -3.53. The van der Waals surface area contributed by atoms with Crippen LogP contribution in [0.1, 0.15) is 41.9 Å². The van der Waals surface area contributed by atoms with Gasteiger partial charge in [-0.1, -0.05) is 41.7 Å². The van der Waals surface area contributed by atoms with Gasteiger partial charge in [-0.2, -0.15) is 9.29 Å². The molecule has 0 radical (unpaired) electrons. The molecule has 168 valence electrons. The molecule has 0 bridgehead atoms. The molecule has 4 rings (SSSR count). The van der Waals surface area contributed by atoms with Gasteiger partial charge in [-0.05, 0) is 54.8 Å². The lowest BCUT2D eigenvalue weighted by molar-refractivity contribution is 0.0907. The number of nitrogens with zero attached hydrogens (tertiary/aromatic N) is 3. The van der Waals surface area contributed by atoms with Gasteiger partial charge in [0.05, 0.1) is 4.90 Å². The molecular formula is C22H23ClN4O4S. The van der Waals surface area contributed by atoms with Crippen molar-refractivity contribution in [3.8, 4) is 11.4 Å². The molecule has 1 N–H and O–H groups in total. The van der Waals surface area contributed by atoms with Crippen LogP contribution in [-0.2, 0) is 16.6 Å². The maximum absolute atomic E-state index is 12.9. The van der Waals surface area contributed by atoms with Crippen LogP contribution in [-0.4, -0.2) is 41.9 Å². The number of carbonyl (C=O) groups is 1. The molecule has 1 amide bonds. The van der Waals surface area contributed by atoms with Gasteiger partial charge in [0.1, 0.15) is 0 Å². The molecule has 1 aliphatic rings. The van der Waals surface area contributed by atoms with Crippen LogP contribution in [0.15, 0.2) is 57.9 Å². The molecule has 2 heterocycles. The molecule has 3 aromatic rings. The van der Waals surface area contributed by atoms with E-state index >= 15 is 0 Å². The molecule has 1 fully saturated rings. The highest BCUT2D eigenvalue weighted by Crippen LogP contribution is 2.23. The summed E-state index contributed by atoms with van der Waals surface area (Å²) in [6.45, 7) is 1.38. The smallest absolute Gasteiger partial charge is 0.316 e. The van der Waals surface area contributed by atoms with E-state index in [0.717, 1.165) is 31.2 Å². The quantitative estimate of drug-likeness (QED) is 0.581. The molecule has 2 aromatic carbocycles. The van der Waals surface area contributed by atoms with E-state index in [1.165, 1.54) is 12.1 Å². The van der Waals surface area contributed by atoms with E-state index in [9.17, 15) is 13.2 Å². The Balaban J connectivity index is 1.42. The molecule has 0 saturated carbocycles.